The van der Waals surface area contributed by atoms with E-state index < -0.39 is 34.4 Å². The number of methoxy groups -OCH3 is 1. The predicted molar refractivity (Wildman–Crippen MR) is 133 cm³/mol. The molecule has 9 nitrogen and oxygen atoms in total. The van der Waals surface area contributed by atoms with Gasteiger partial charge in [-0.3, -0.25) is 14.4 Å². The third kappa shape index (κ3) is 5.09. The Hall–Kier alpha value is -3.40. The molecule has 0 radical (unpaired) electrons. The molecule has 2 aromatic carbocycles. The first-order valence-corrected chi connectivity index (χ1v) is 13.6. The number of hydrogen-bond acceptors (Lipinski definition) is 6. The third-order valence-electron chi connectivity index (χ3n) is 6.79. The molecule has 3 amide bonds. The fraction of sp³-hybridized carbons (Fsp3) is 0.423. The molecule has 0 saturated heterocycles. The first-order chi connectivity index (χ1) is 17.3. The lowest BCUT2D eigenvalue weighted by Crippen LogP contribution is -2.53. The number of carbonyl (C=O) groups is 3. The van der Waals surface area contributed by atoms with Gasteiger partial charge in [-0.25, -0.2) is 12.7 Å². The summed E-state index contributed by atoms with van der Waals surface area (Å²) in [6.07, 6.45) is 4.22. The van der Waals surface area contributed by atoms with Crippen molar-refractivity contribution in [3.8, 4) is 5.75 Å². The zero-order valence-corrected chi connectivity index (χ0v) is 21.3. The summed E-state index contributed by atoms with van der Waals surface area (Å²) in [4.78, 5) is 41.0. The maximum absolute atomic E-state index is 13.6. The molecular formula is C26H31N3O6S. The van der Waals surface area contributed by atoms with Crippen LogP contribution in [0.5, 0.6) is 5.75 Å². The molecule has 2 aliphatic rings. The van der Waals surface area contributed by atoms with Crippen LogP contribution in [0.1, 0.15) is 54.9 Å². The molecule has 10 heteroatoms. The molecule has 0 bridgehead atoms. The maximum Gasteiger partial charge on any atom is 0.269 e. The molecule has 2 aromatic rings. The Balaban J connectivity index is 1.60. The molecule has 0 unspecified atom stereocenters. The highest BCUT2D eigenvalue weighted by atomic mass is 32.2. The largest absolute Gasteiger partial charge is 0.497 e. The molecular weight excluding hydrogens is 482 g/mol. The quantitative estimate of drug-likeness (QED) is 0.552. The molecule has 0 aromatic heterocycles. The Morgan fingerprint density at radius 3 is 2.39 bits per heavy atom. The zero-order valence-electron chi connectivity index (χ0n) is 20.5. The summed E-state index contributed by atoms with van der Waals surface area (Å²) in [6.45, 7) is 1.20. The van der Waals surface area contributed by atoms with Gasteiger partial charge in [-0.2, -0.15) is 0 Å². The van der Waals surface area contributed by atoms with Gasteiger partial charge in [0.1, 0.15) is 23.2 Å². The van der Waals surface area contributed by atoms with Gasteiger partial charge < -0.3 is 15.0 Å². The summed E-state index contributed by atoms with van der Waals surface area (Å²) >= 11 is 0. The van der Waals surface area contributed by atoms with Gasteiger partial charge in [0.15, 0.2) is 0 Å². The lowest BCUT2D eigenvalue weighted by molar-refractivity contribution is -0.141. The number of amides is 3. The standard InChI is InChI=1S/C26H31N3O6S/c1-3-22(25(31)27-19-8-4-5-9-19)28(16-18-12-14-20(35-2)15-13-18)24(30)17-29-26(32)21-10-6-7-11-23(21)36(29,33)34/h6-7,10-15,19,22H,3-5,8-9,16-17H2,1-2H3,(H,27,31)/t22-/m0/s1. The monoisotopic (exact) mass is 513 g/mol. The van der Waals surface area contributed by atoms with E-state index >= 15 is 0 Å². The smallest absolute Gasteiger partial charge is 0.269 e. The van der Waals surface area contributed by atoms with Crippen molar-refractivity contribution in [3.63, 3.8) is 0 Å². The van der Waals surface area contributed by atoms with Gasteiger partial charge >= 0.3 is 0 Å². The van der Waals surface area contributed by atoms with E-state index in [2.05, 4.69) is 5.32 Å². The van der Waals surface area contributed by atoms with Crippen molar-refractivity contribution < 1.29 is 27.5 Å². The average molecular weight is 514 g/mol. The molecule has 1 fully saturated rings. The van der Waals surface area contributed by atoms with Crippen LogP contribution in [0.2, 0.25) is 0 Å². The molecule has 1 atom stereocenters. The molecule has 0 spiro atoms. The normalized spacial score (nSPS) is 17.5. The maximum atomic E-state index is 13.6. The molecule has 1 saturated carbocycles. The Morgan fingerprint density at radius 1 is 1.11 bits per heavy atom. The van der Waals surface area contributed by atoms with E-state index in [1.807, 2.05) is 0 Å². The van der Waals surface area contributed by atoms with E-state index in [0.717, 1.165) is 31.2 Å². The zero-order chi connectivity index (χ0) is 25.9. The van der Waals surface area contributed by atoms with Crippen molar-refractivity contribution in [2.45, 2.75) is 62.6 Å². The number of ether oxygens (including phenoxy) is 1. The minimum atomic E-state index is -4.16. The molecule has 1 N–H and O–H groups in total. The van der Waals surface area contributed by atoms with Crippen LogP contribution in [0.3, 0.4) is 0 Å². The highest BCUT2D eigenvalue weighted by molar-refractivity contribution is 7.90. The van der Waals surface area contributed by atoms with Crippen LogP contribution in [-0.2, 0) is 26.2 Å². The van der Waals surface area contributed by atoms with E-state index in [1.54, 1.807) is 44.4 Å². The fourth-order valence-corrected chi connectivity index (χ4v) is 6.33. The fourth-order valence-electron chi connectivity index (χ4n) is 4.82. The Morgan fingerprint density at radius 2 is 1.78 bits per heavy atom. The van der Waals surface area contributed by atoms with Gasteiger partial charge in [-0.05, 0) is 49.1 Å². The number of rotatable bonds is 9. The first kappa shape index (κ1) is 25.7. The molecule has 192 valence electrons. The first-order valence-electron chi connectivity index (χ1n) is 12.1. The number of hydrogen-bond donors (Lipinski definition) is 1. The van der Waals surface area contributed by atoms with Crippen molar-refractivity contribution in [1.29, 1.82) is 0 Å². The highest BCUT2D eigenvalue weighted by Gasteiger charge is 2.43. The number of benzene rings is 2. The Labute approximate surface area is 211 Å². The van der Waals surface area contributed by atoms with E-state index in [-0.39, 0.29) is 29.0 Å². The van der Waals surface area contributed by atoms with Crippen molar-refractivity contribution in [2.24, 2.45) is 0 Å². The van der Waals surface area contributed by atoms with Crippen molar-refractivity contribution in [1.82, 2.24) is 14.5 Å². The lowest BCUT2D eigenvalue weighted by Gasteiger charge is -2.32. The number of fused-ring (bicyclic) bond motifs is 1. The molecule has 1 heterocycles. The molecule has 1 aliphatic heterocycles. The summed E-state index contributed by atoms with van der Waals surface area (Å²) in [7, 11) is -2.61. The van der Waals surface area contributed by atoms with Crippen LogP contribution < -0.4 is 10.1 Å². The summed E-state index contributed by atoms with van der Waals surface area (Å²) < 4.78 is 31.9. The molecule has 36 heavy (non-hydrogen) atoms. The molecule has 4 rings (SSSR count). The van der Waals surface area contributed by atoms with Gasteiger partial charge in [-0.15, -0.1) is 0 Å². The minimum Gasteiger partial charge on any atom is -0.497 e. The number of nitrogens with zero attached hydrogens (tertiary/aromatic N) is 2. The minimum absolute atomic E-state index is 0.0398. The third-order valence-corrected chi connectivity index (χ3v) is 8.58. The van der Waals surface area contributed by atoms with Crippen LogP contribution in [0.4, 0.5) is 0 Å². The lowest BCUT2D eigenvalue weighted by atomic mass is 10.1. The van der Waals surface area contributed by atoms with Crippen molar-refractivity contribution >= 4 is 27.7 Å². The van der Waals surface area contributed by atoms with E-state index in [4.69, 9.17) is 4.74 Å². The summed E-state index contributed by atoms with van der Waals surface area (Å²) in [6, 6.07) is 12.2. The second-order valence-electron chi connectivity index (χ2n) is 9.10. The summed E-state index contributed by atoms with van der Waals surface area (Å²) in [5.41, 5.74) is 0.785. The van der Waals surface area contributed by atoms with Gasteiger partial charge in [-0.1, -0.05) is 44.0 Å². The van der Waals surface area contributed by atoms with Crippen LogP contribution in [0.15, 0.2) is 53.4 Å². The van der Waals surface area contributed by atoms with E-state index in [0.29, 0.717) is 16.5 Å². The highest BCUT2D eigenvalue weighted by Crippen LogP contribution is 2.30. The van der Waals surface area contributed by atoms with Gasteiger partial charge in [0.05, 0.1) is 12.7 Å². The van der Waals surface area contributed by atoms with Gasteiger partial charge in [0.2, 0.25) is 11.8 Å². The van der Waals surface area contributed by atoms with Crippen LogP contribution in [0.25, 0.3) is 0 Å². The SMILES string of the molecule is CC[C@@H](C(=O)NC1CCCC1)N(Cc1ccc(OC)cc1)C(=O)CN1C(=O)c2ccccc2S1(=O)=O. The number of nitrogens with one attached hydrogen (secondary N) is 1. The van der Waals surface area contributed by atoms with Crippen LogP contribution >= 0.6 is 0 Å². The van der Waals surface area contributed by atoms with Gasteiger partial charge in [0, 0.05) is 12.6 Å². The Bertz CT molecular complexity index is 1240. The van der Waals surface area contributed by atoms with E-state index in [9.17, 15) is 22.8 Å². The second kappa shape index (κ2) is 10.7. The second-order valence-corrected chi connectivity index (χ2v) is 10.9. The number of carbonyl (C=O) groups excluding carboxylic acids is 3. The topological polar surface area (TPSA) is 113 Å². The molecule has 1 aliphatic carbocycles. The van der Waals surface area contributed by atoms with Gasteiger partial charge in [0.25, 0.3) is 15.9 Å². The predicted octanol–water partition coefficient (Wildman–Crippen LogP) is 2.71. The van der Waals surface area contributed by atoms with Crippen molar-refractivity contribution in [2.75, 3.05) is 13.7 Å². The van der Waals surface area contributed by atoms with Crippen molar-refractivity contribution in [3.05, 3.63) is 59.7 Å². The number of sulfonamides is 1. The van der Waals surface area contributed by atoms with Crippen LogP contribution in [-0.4, -0.2) is 61.1 Å². The summed E-state index contributed by atoms with van der Waals surface area (Å²) in [5, 5.41) is 3.05. The summed E-state index contributed by atoms with van der Waals surface area (Å²) in [5.74, 6) is -0.991. The van der Waals surface area contributed by atoms with E-state index in [1.165, 1.54) is 23.1 Å². The Kier molecular flexibility index (Phi) is 7.63. The average Bonchev–Trinajstić information content (AvgIpc) is 3.45. The van der Waals surface area contributed by atoms with Crippen LogP contribution in [0, 0.1) is 0 Å².